The van der Waals surface area contributed by atoms with E-state index in [0.29, 0.717) is 25.3 Å². The number of carbonyl (C=O) groups is 2. The van der Waals surface area contributed by atoms with E-state index in [2.05, 4.69) is 10.6 Å². The summed E-state index contributed by atoms with van der Waals surface area (Å²) in [7, 11) is -2.35. The highest BCUT2D eigenvalue weighted by atomic mass is 32.2. The summed E-state index contributed by atoms with van der Waals surface area (Å²) < 4.78 is 37.6. The molecule has 1 heterocycles. The average molecular weight is 411 g/mol. The molecule has 0 radical (unpaired) electrons. The van der Waals surface area contributed by atoms with Gasteiger partial charge in [0, 0.05) is 25.7 Å². The van der Waals surface area contributed by atoms with Crippen LogP contribution in [0.15, 0.2) is 29.2 Å². The Morgan fingerprint density at radius 2 is 1.96 bits per heavy atom. The Morgan fingerprint density at radius 1 is 1.25 bits per heavy atom. The molecular formula is C18H25N3O6S. The standard InChI is InChI=1S/C18H25N3O6S/c1-3-19-18(23)13-20-17(22)7-5-14-4-6-15(26-2)16(12-14)28(24,25)21-8-10-27-11-9-21/h4-7,12H,3,8-11,13H2,1-2H3,(H,19,23)(H,20,22)/b7-5+. The fraction of sp³-hybridized carbons (Fsp3) is 0.444. The molecule has 0 unspecified atom stereocenters. The number of morpholine rings is 1. The zero-order chi connectivity index (χ0) is 20.6. The highest BCUT2D eigenvalue weighted by Gasteiger charge is 2.29. The molecule has 1 aliphatic rings. The molecule has 1 aromatic carbocycles. The smallest absolute Gasteiger partial charge is 0.246 e. The maximum atomic E-state index is 12.9. The van der Waals surface area contributed by atoms with Crippen molar-refractivity contribution in [2.45, 2.75) is 11.8 Å². The van der Waals surface area contributed by atoms with Crippen molar-refractivity contribution in [2.75, 3.05) is 46.5 Å². The van der Waals surface area contributed by atoms with E-state index in [1.54, 1.807) is 19.1 Å². The number of carbonyl (C=O) groups excluding carboxylic acids is 2. The molecular weight excluding hydrogens is 386 g/mol. The minimum Gasteiger partial charge on any atom is -0.495 e. The Balaban J connectivity index is 2.15. The molecule has 0 saturated carbocycles. The number of rotatable bonds is 8. The highest BCUT2D eigenvalue weighted by molar-refractivity contribution is 7.89. The van der Waals surface area contributed by atoms with Crippen LogP contribution in [-0.2, 0) is 24.3 Å². The summed E-state index contributed by atoms with van der Waals surface area (Å²) in [4.78, 5) is 23.2. The van der Waals surface area contributed by atoms with E-state index in [9.17, 15) is 18.0 Å². The van der Waals surface area contributed by atoms with Gasteiger partial charge in [0.1, 0.15) is 10.6 Å². The lowest BCUT2D eigenvalue weighted by Crippen LogP contribution is -2.40. The molecule has 2 amide bonds. The van der Waals surface area contributed by atoms with Crippen molar-refractivity contribution in [3.05, 3.63) is 29.8 Å². The SMILES string of the molecule is CCNC(=O)CNC(=O)/C=C/c1ccc(OC)c(S(=O)(=O)N2CCOCC2)c1. The maximum absolute atomic E-state index is 12.9. The number of benzene rings is 1. The molecule has 0 aliphatic carbocycles. The molecule has 1 saturated heterocycles. The van der Waals surface area contributed by atoms with Gasteiger partial charge in [0.2, 0.25) is 21.8 Å². The van der Waals surface area contributed by atoms with E-state index in [0.717, 1.165) is 0 Å². The molecule has 10 heteroatoms. The summed E-state index contributed by atoms with van der Waals surface area (Å²) >= 11 is 0. The topological polar surface area (TPSA) is 114 Å². The van der Waals surface area contributed by atoms with Crippen LogP contribution in [0.5, 0.6) is 5.75 Å². The first kappa shape index (κ1) is 21.9. The third-order valence-corrected chi connectivity index (χ3v) is 5.92. The van der Waals surface area contributed by atoms with Crippen molar-refractivity contribution in [1.82, 2.24) is 14.9 Å². The molecule has 1 aromatic rings. The lowest BCUT2D eigenvalue weighted by Gasteiger charge is -2.26. The van der Waals surface area contributed by atoms with Gasteiger partial charge in [-0.1, -0.05) is 6.07 Å². The first-order chi connectivity index (χ1) is 13.4. The molecule has 2 N–H and O–H groups in total. The monoisotopic (exact) mass is 411 g/mol. The molecule has 0 spiro atoms. The third-order valence-electron chi connectivity index (χ3n) is 4.00. The fourth-order valence-corrected chi connectivity index (χ4v) is 4.18. The highest BCUT2D eigenvalue weighted by Crippen LogP contribution is 2.28. The molecule has 0 aromatic heterocycles. The molecule has 1 fully saturated rings. The van der Waals surface area contributed by atoms with Gasteiger partial charge in [-0.2, -0.15) is 4.31 Å². The number of sulfonamides is 1. The van der Waals surface area contributed by atoms with E-state index in [1.807, 2.05) is 0 Å². The predicted molar refractivity (Wildman–Crippen MR) is 103 cm³/mol. The van der Waals surface area contributed by atoms with E-state index in [1.165, 1.54) is 29.6 Å². The average Bonchev–Trinajstić information content (AvgIpc) is 2.71. The number of nitrogens with zero attached hydrogens (tertiary/aromatic N) is 1. The van der Waals surface area contributed by atoms with Crippen molar-refractivity contribution in [2.24, 2.45) is 0 Å². The summed E-state index contributed by atoms with van der Waals surface area (Å²) in [6.07, 6.45) is 2.72. The van der Waals surface area contributed by atoms with Gasteiger partial charge in [0.15, 0.2) is 0 Å². The Labute approximate surface area is 164 Å². The summed E-state index contributed by atoms with van der Waals surface area (Å²) in [6, 6.07) is 4.64. The van der Waals surface area contributed by atoms with E-state index in [4.69, 9.17) is 9.47 Å². The molecule has 2 rings (SSSR count). The lowest BCUT2D eigenvalue weighted by atomic mass is 10.2. The zero-order valence-electron chi connectivity index (χ0n) is 15.9. The third kappa shape index (κ3) is 5.78. The number of hydrogen-bond acceptors (Lipinski definition) is 6. The van der Waals surface area contributed by atoms with Gasteiger partial charge in [-0.3, -0.25) is 9.59 Å². The molecule has 154 valence electrons. The van der Waals surface area contributed by atoms with Crippen LogP contribution >= 0.6 is 0 Å². The number of likely N-dealkylation sites (N-methyl/N-ethyl adjacent to an activating group) is 1. The van der Waals surface area contributed by atoms with Crippen molar-refractivity contribution >= 4 is 27.9 Å². The van der Waals surface area contributed by atoms with Gasteiger partial charge in [-0.15, -0.1) is 0 Å². The van der Waals surface area contributed by atoms with Crippen molar-refractivity contribution in [3.8, 4) is 5.75 Å². The predicted octanol–water partition coefficient (Wildman–Crippen LogP) is -0.0184. The fourth-order valence-electron chi connectivity index (χ4n) is 2.58. The minimum atomic E-state index is -3.75. The maximum Gasteiger partial charge on any atom is 0.246 e. The normalized spacial score (nSPS) is 15.4. The Morgan fingerprint density at radius 3 is 2.61 bits per heavy atom. The van der Waals surface area contributed by atoms with Crippen LogP contribution in [0.25, 0.3) is 6.08 Å². The quantitative estimate of drug-likeness (QED) is 0.581. The van der Waals surface area contributed by atoms with Crippen LogP contribution in [0.2, 0.25) is 0 Å². The molecule has 0 atom stereocenters. The first-order valence-electron chi connectivity index (χ1n) is 8.87. The van der Waals surface area contributed by atoms with Crippen LogP contribution in [0.1, 0.15) is 12.5 Å². The number of methoxy groups -OCH3 is 1. The molecule has 1 aliphatic heterocycles. The number of nitrogens with one attached hydrogen (secondary N) is 2. The summed E-state index contributed by atoms with van der Waals surface area (Å²) in [5.41, 5.74) is 0.515. The summed E-state index contributed by atoms with van der Waals surface area (Å²) in [5, 5.41) is 5.02. The molecule has 28 heavy (non-hydrogen) atoms. The molecule has 9 nitrogen and oxygen atoms in total. The van der Waals surface area contributed by atoms with Gasteiger partial charge in [-0.05, 0) is 30.7 Å². The van der Waals surface area contributed by atoms with E-state index >= 15 is 0 Å². The van der Waals surface area contributed by atoms with Crippen LogP contribution < -0.4 is 15.4 Å². The van der Waals surface area contributed by atoms with Crippen molar-refractivity contribution in [1.29, 1.82) is 0 Å². The van der Waals surface area contributed by atoms with Crippen LogP contribution in [0.3, 0.4) is 0 Å². The van der Waals surface area contributed by atoms with E-state index < -0.39 is 15.9 Å². The second-order valence-electron chi connectivity index (χ2n) is 5.93. The Kier molecular flexibility index (Phi) is 7.97. The first-order valence-corrected chi connectivity index (χ1v) is 10.3. The van der Waals surface area contributed by atoms with Gasteiger partial charge in [0.25, 0.3) is 0 Å². The minimum absolute atomic E-state index is 0.0294. The van der Waals surface area contributed by atoms with Gasteiger partial charge in [0.05, 0.1) is 26.9 Å². The van der Waals surface area contributed by atoms with Crippen LogP contribution in [0.4, 0.5) is 0 Å². The second-order valence-corrected chi connectivity index (χ2v) is 7.84. The molecule has 0 bridgehead atoms. The van der Waals surface area contributed by atoms with Crippen molar-refractivity contribution in [3.63, 3.8) is 0 Å². The van der Waals surface area contributed by atoms with Gasteiger partial charge < -0.3 is 20.1 Å². The summed E-state index contributed by atoms with van der Waals surface area (Å²) in [5.74, 6) is -0.517. The van der Waals surface area contributed by atoms with Gasteiger partial charge >= 0.3 is 0 Å². The number of amides is 2. The second kappa shape index (κ2) is 10.2. The van der Waals surface area contributed by atoms with Gasteiger partial charge in [-0.25, -0.2) is 8.42 Å². The Hall–Kier alpha value is -2.43. The zero-order valence-corrected chi connectivity index (χ0v) is 16.8. The summed E-state index contributed by atoms with van der Waals surface area (Å²) in [6.45, 7) is 3.36. The number of ether oxygens (including phenoxy) is 2. The Bertz CT molecular complexity index is 832. The number of hydrogen-bond donors (Lipinski definition) is 2. The van der Waals surface area contributed by atoms with Crippen LogP contribution in [0, 0.1) is 0 Å². The van der Waals surface area contributed by atoms with Crippen LogP contribution in [-0.4, -0.2) is 71.0 Å². The lowest BCUT2D eigenvalue weighted by molar-refractivity contribution is -0.123. The van der Waals surface area contributed by atoms with Crippen molar-refractivity contribution < 1.29 is 27.5 Å². The van der Waals surface area contributed by atoms with E-state index in [-0.39, 0.29) is 36.2 Å². The largest absolute Gasteiger partial charge is 0.495 e.